The Balaban J connectivity index is 1.60. The van der Waals surface area contributed by atoms with Gasteiger partial charge in [-0.2, -0.15) is 0 Å². The molecule has 0 amide bonds. The van der Waals surface area contributed by atoms with Crippen molar-refractivity contribution in [2.45, 2.75) is 83.7 Å². The first-order valence-electron chi connectivity index (χ1n) is 9.67. The van der Waals surface area contributed by atoms with Gasteiger partial charge in [0.05, 0.1) is 11.7 Å². The second kappa shape index (κ2) is 10.5. The molecule has 0 aliphatic heterocycles. The molecule has 0 spiro atoms. The highest BCUT2D eigenvalue weighted by Crippen LogP contribution is 2.24. The lowest BCUT2D eigenvalue weighted by Gasteiger charge is -2.25. The summed E-state index contributed by atoms with van der Waals surface area (Å²) in [4.78, 5) is 11.0. The van der Waals surface area contributed by atoms with Crippen molar-refractivity contribution >= 4 is 5.97 Å². The second-order valence-corrected chi connectivity index (χ2v) is 7.00. The van der Waals surface area contributed by atoms with Crippen molar-refractivity contribution < 1.29 is 14.6 Å². The van der Waals surface area contributed by atoms with E-state index in [1.54, 1.807) is 6.07 Å². The maximum Gasteiger partial charge on any atom is 0.335 e. The predicted molar refractivity (Wildman–Crippen MR) is 97.8 cm³/mol. The zero-order valence-electron chi connectivity index (χ0n) is 15.1. The van der Waals surface area contributed by atoms with Gasteiger partial charge in [0.2, 0.25) is 0 Å². The van der Waals surface area contributed by atoms with Gasteiger partial charge in [-0.3, -0.25) is 0 Å². The molecule has 1 aromatic rings. The van der Waals surface area contributed by atoms with Crippen molar-refractivity contribution in [2.24, 2.45) is 0 Å². The van der Waals surface area contributed by atoms with Crippen molar-refractivity contribution in [3.05, 3.63) is 34.9 Å². The van der Waals surface area contributed by atoms with Crippen LogP contribution in [-0.4, -0.2) is 23.8 Å². The maximum atomic E-state index is 11.0. The van der Waals surface area contributed by atoms with E-state index in [1.165, 1.54) is 56.1 Å². The van der Waals surface area contributed by atoms with Gasteiger partial charge in [0.15, 0.2) is 0 Å². The van der Waals surface area contributed by atoms with Crippen LogP contribution < -0.4 is 0 Å². The molecule has 0 fully saturated rings. The smallest absolute Gasteiger partial charge is 0.335 e. The van der Waals surface area contributed by atoms with Crippen molar-refractivity contribution in [3.8, 4) is 0 Å². The zero-order valence-corrected chi connectivity index (χ0v) is 15.1. The van der Waals surface area contributed by atoms with Gasteiger partial charge in [-0.05, 0) is 48.9 Å². The Hall–Kier alpha value is -1.35. The lowest BCUT2D eigenvalue weighted by Crippen LogP contribution is -2.23. The van der Waals surface area contributed by atoms with E-state index in [0.29, 0.717) is 11.7 Å². The Labute approximate surface area is 146 Å². The molecule has 134 valence electrons. The summed E-state index contributed by atoms with van der Waals surface area (Å²) >= 11 is 0. The topological polar surface area (TPSA) is 46.5 Å². The highest BCUT2D eigenvalue weighted by molar-refractivity contribution is 5.87. The largest absolute Gasteiger partial charge is 0.478 e. The summed E-state index contributed by atoms with van der Waals surface area (Å²) in [6.45, 7) is 3.12. The first-order valence-corrected chi connectivity index (χ1v) is 9.67. The molecule has 0 saturated heterocycles. The fourth-order valence-electron chi connectivity index (χ4n) is 3.48. The normalized spacial score (nSPS) is 16.8. The number of hydrogen-bond acceptors (Lipinski definition) is 2. The number of fused-ring (bicyclic) bond motifs is 1. The number of carboxylic acids is 1. The van der Waals surface area contributed by atoms with Crippen LogP contribution in [-0.2, 0) is 17.6 Å². The number of aryl methyl sites for hydroxylation is 1. The van der Waals surface area contributed by atoms with Gasteiger partial charge in [0, 0.05) is 6.61 Å². The monoisotopic (exact) mass is 332 g/mol. The van der Waals surface area contributed by atoms with Crippen LogP contribution in [0.1, 0.15) is 86.2 Å². The van der Waals surface area contributed by atoms with Gasteiger partial charge in [-0.15, -0.1) is 0 Å². The van der Waals surface area contributed by atoms with Crippen LogP contribution in [0.3, 0.4) is 0 Å². The molecule has 0 saturated carbocycles. The van der Waals surface area contributed by atoms with E-state index in [2.05, 4.69) is 6.92 Å². The molecule has 1 unspecified atom stereocenters. The lowest BCUT2D eigenvalue weighted by molar-refractivity contribution is 0.0417. The molecular weight excluding hydrogens is 300 g/mol. The third-order valence-corrected chi connectivity index (χ3v) is 4.99. The third kappa shape index (κ3) is 6.27. The van der Waals surface area contributed by atoms with Gasteiger partial charge in [-0.1, -0.05) is 57.9 Å². The molecule has 1 N–H and O–H groups in total. The van der Waals surface area contributed by atoms with E-state index in [4.69, 9.17) is 9.84 Å². The van der Waals surface area contributed by atoms with Crippen LogP contribution in [0.25, 0.3) is 0 Å². The summed E-state index contributed by atoms with van der Waals surface area (Å²) < 4.78 is 6.05. The van der Waals surface area contributed by atoms with E-state index in [-0.39, 0.29) is 0 Å². The minimum absolute atomic E-state index is 0.303. The number of rotatable bonds is 11. The minimum atomic E-state index is -0.842. The van der Waals surface area contributed by atoms with E-state index in [1.807, 2.05) is 12.1 Å². The fraction of sp³-hybridized carbons (Fsp3) is 0.667. The van der Waals surface area contributed by atoms with Crippen LogP contribution in [0, 0.1) is 0 Å². The summed E-state index contributed by atoms with van der Waals surface area (Å²) in [5.41, 5.74) is 2.83. The Morgan fingerprint density at radius 3 is 2.50 bits per heavy atom. The average molecular weight is 332 g/mol. The van der Waals surface area contributed by atoms with Crippen LogP contribution in [0.5, 0.6) is 0 Å². The molecule has 3 nitrogen and oxygen atoms in total. The second-order valence-electron chi connectivity index (χ2n) is 7.00. The number of hydrogen-bond donors (Lipinski definition) is 1. The molecule has 2 rings (SSSR count). The van der Waals surface area contributed by atoms with Crippen LogP contribution in [0.15, 0.2) is 18.2 Å². The van der Waals surface area contributed by atoms with Gasteiger partial charge in [0.25, 0.3) is 0 Å². The number of ether oxygens (including phenoxy) is 1. The summed E-state index contributed by atoms with van der Waals surface area (Å²) in [5, 5.41) is 9.06. The van der Waals surface area contributed by atoms with Gasteiger partial charge in [-0.25, -0.2) is 4.79 Å². The molecule has 0 bridgehead atoms. The fourth-order valence-corrected chi connectivity index (χ4v) is 3.48. The van der Waals surface area contributed by atoms with E-state index in [9.17, 15) is 4.79 Å². The van der Waals surface area contributed by atoms with Crippen molar-refractivity contribution in [1.82, 2.24) is 0 Å². The quantitative estimate of drug-likeness (QED) is 0.552. The number of aromatic carboxylic acids is 1. The van der Waals surface area contributed by atoms with Gasteiger partial charge in [0.1, 0.15) is 0 Å². The standard InChI is InChI=1S/C21H32O3/c1-2-3-4-5-6-7-8-9-14-24-20-13-12-17-15-19(21(22)23)11-10-18(17)16-20/h10-11,15,20H,2-9,12-14,16H2,1H3,(H,22,23). The van der Waals surface area contributed by atoms with E-state index >= 15 is 0 Å². The number of carboxylic acid groups (broad SMARTS) is 1. The van der Waals surface area contributed by atoms with Gasteiger partial charge >= 0.3 is 5.97 Å². The van der Waals surface area contributed by atoms with Crippen molar-refractivity contribution in [2.75, 3.05) is 6.61 Å². The molecule has 0 aromatic heterocycles. The third-order valence-electron chi connectivity index (χ3n) is 4.99. The summed E-state index contributed by atoms with van der Waals surface area (Å²) in [6.07, 6.45) is 13.8. The Bertz CT molecular complexity index is 510. The highest BCUT2D eigenvalue weighted by Gasteiger charge is 2.20. The summed E-state index contributed by atoms with van der Waals surface area (Å²) in [7, 11) is 0. The number of unbranched alkanes of at least 4 members (excludes halogenated alkanes) is 7. The van der Waals surface area contributed by atoms with E-state index in [0.717, 1.165) is 32.3 Å². The Morgan fingerprint density at radius 2 is 1.79 bits per heavy atom. The molecular formula is C21H32O3. The zero-order chi connectivity index (χ0) is 17.2. The SMILES string of the molecule is CCCCCCCCCCOC1CCc2cc(C(=O)O)ccc2C1. The Kier molecular flexibility index (Phi) is 8.31. The first kappa shape index (κ1) is 19.0. The lowest BCUT2D eigenvalue weighted by atomic mass is 9.88. The van der Waals surface area contributed by atoms with Crippen LogP contribution >= 0.6 is 0 Å². The van der Waals surface area contributed by atoms with Crippen LogP contribution in [0.2, 0.25) is 0 Å². The number of carbonyl (C=O) groups is 1. The highest BCUT2D eigenvalue weighted by atomic mass is 16.5. The van der Waals surface area contributed by atoms with Gasteiger partial charge < -0.3 is 9.84 Å². The molecule has 1 aliphatic carbocycles. The Morgan fingerprint density at radius 1 is 1.08 bits per heavy atom. The summed E-state index contributed by atoms with van der Waals surface area (Å²) in [5.74, 6) is -0.842. The molecule has 1 aliphatic rings. The van der Waals surface area contributed by atoms with E-state index < -0.39 is 5.97 Å². The molecule has 1 atom stereocenters. The van der Waals surface area contributed by atoms with Crippen LogP contribution in [0.4, 0.5) is 0 Å². The minimum Gasteiger partial charge on any atom is -0.478 e. The maximum absolute atomic E-state index is 11.0. The first-order chi connectivity index (χ1) is 11.7. The van der Waals surface area contributed by atoms with Crippen molar-refractivity contribution in [3.63, 3.8) is 0 Å². The number of benzene rings is 1. The molecule has 24 heavy (non-hydrogen) atoms. The average Bonchev–Trinajstić information content (AvgIpc) is 2.59. The molecule has 0 heterocycles. The predicted octanol–water partition coefficient (Wildman–Crippen LogP) is 5.40. The molecule has 3 heteroatoms. The van der Waals surface area contributed by atoms with Crippen molar-refractivity contribution in [1.29, 1.82) is 0 Å². The molecule has 0 radical (unpaired) electrons. The summed E-state index contributed by atoms with van der Waals surface area (Å²) in [6, 6.07) is 5.50. The molecule has 1 aromatic carbocycles.